The Morgan fingerprint density at radius 1 is 1.25 bits per heavy atom. The lowest BCUT2D eigenvalue weighted by Gasteiger charge is -1.90. The second-order valence-electron chi connectivity index (χ2n) is 1.13. The van der Waals surface area contributed by atoms with Crippen LogP contribution in [0.25, 0.3) is 0 Å². The molecule has 2 nitrogen and oxygen atoms in total. The van der Waals surface area contributed by atoms with Crippen molar-refractivity contribution in [2.45, 2.75) is 0 Å². The minimum Gasteiger partial charge on any atom is -0.258 e. The molecular weight excluding hydrogens is 291 g/mol. The minimum atomic E-state index is -0.917. The van der Waals surface area contributed by atoms with Crippen molar-refractivity contribution in [3.63, 3.8) is 0 Å². The van der Waals surface area contributed by atoms with Gasteiger partial charge in [0.25, 0.3) is 0 Å². The Bertz CT molecular complexity index is 145. The highest BCUT2D eigenvalue weighted by Crippen LogP contribution is 2.53. The molecule has 0 aromatic heterocycles. The van der Waals surface area contributed by atoms with Crippen LogP contribution in [0.15, 0.2) is 11.5 Å². The molecule has 0 saturated heterocycles. The quantitative estimate of drug-likeness (QED) is 0.680. The van der Waals surface area contributed by atoms with Gasteiger partial charge in [-0.3, -0.25) is 8.99 Å². The summed E-state index contributed by atoms with van der Waals surface area (Å²) in [7, 11) is 11.0. The molecule has 1 aliphatic heterocycles. The first-order valence-electron chi connectivity index (χ1n) is 2.55. The predicted molar refractivity (Wildman–Crippen MR) is 73.2 cm³/mol. The summed E-state index contributed by atoms with van der Waals surface area (Å²) in [6, 6.07) is 0. The predicted octanol–water partition coefficient (Wildman–Crippen LogP) is 3.91. The molecule has 0 radical (unpaired) electrons. The number of hydrogen-bond acceptors (Lipinski definition) is 8. The van der Waals surface area contributed by atoms with E-state index < -0.39 is 11.5 Å². The average Bonchev–Trinajstić information content (AvgIpc) is 2.19. The van der Waals surface area contributed by atoms with Crippen LogP contribution >= 0.6 is 60.9 Å². The summed E-state index contributed by atoms with van der Waals surface area (Å²) in [5.41, 5.74) is 0. The van der Waals surface area contributed by atoms with Crippen LogP contribution in [0.2, 0.25) is 0 Å². The molecule has 12 heavy (non-hydrogen) atoms. The SMILES string of the molecule is C1=CSSSSSSC1.N=[SH2]=O. The van der Waals surface area contributed by atoms with Crippen LogP contribution < -0.4 is 0 Å². The van der Waals surface area contributed by atoms with Crippen molar-refractivity contribution in [1.29, 1.82) is 4.78 Å². The van der Waals surface area contributed by atoms with Gasteiger partial charge in [-0.1, -0.05) is 27.7 Å². The molecule has 72 valence electrons. The molecule has 0 fully saturated rings. The molecule has 0 aromatic rings. The van der Waals surface area contributed by atoms with Gasteiger partial charge in [0.05, 0.1) is 0 Å². The average molecular weight is 298 g/mol. The number of hydrogen-bond donors (Lipinski definition) is 1. The van der Waals surface area contributed by atoms with Crippen molar-refractivity contribution in [3.8, 4) is 0 Å². The molecule has 1 rings (SSSR count). The lowest BCUT2D eigenvalue weighted by molar-refractivity contribution is 0.697. The van der Waals surface area contributed by atoms with Crippen molar-refractivity contribution in [1.82, 2.24) is 0 Å². The van der Waals surface area contributed by atoms with E-state index in [1.165, 1.54) is 0 Å². The Labute approximate surface area is 97.7 Å². The van der Waals surface area contributed by atoms with Gasteiger partial charge in [0.15, 0.2) is 0 Å². The molecule has 1 N–H and O–H groups in total. The Hall–Kier alpha value is 1.79. The van der Waals surface area contributed by atoms with E-state index in [1.54, 1.807) is 10.8 Å². The fraction of sp³-hybridized carbons (Fsp3) is 0.333. The molecule has 0 aliphatic carbocycles. The van der Waals surface area contributed by atoms with Gasteiger partial charge < -0.3 is 0 Å². The molecule has 1 heterocycles. The van der Waals surface area contributed by atoms with Gasteiger partial charge in [0.1, 0.15) is 0 Å². The van der Waals surface area contributed by atoms with Gasteiger partial charge in [-0.2, -0.15) is 0 Å². The van der Waals surface area contributed by atoms with Crippen molar-refractivity contribution >= 4 is 72.4 Å². The van der Waals surface area contributed by atoms with Gasteiger partial charge in [-0.05, 0) is 44.7 Å². The number of nitrogens with one attached hydrogen (secondary N) is 1. The van der Waals surface area contributed by atoms with Crippen LogP contribution in [0.5, 0.6) is 0 Å². The second-order valence-corrected chi connectivity index (χ2v) is 10.7. The Kier molecular flexibility index (Phi) is 14.7. The van der Waals surface area contributed by atoms with E-state index in [0.717, 1.165) is 5.75 Å². The van der Waals surface area contributed by atoms with E-state index in [1.807, 2.05) is 50.1 Å². The van der Waals surface area contributed by atoms with Crippen molar-refractivity contribution in [2.24, 2.45) is 0 Å². The van der Waals surface area contributed by atoms with E-state index in [4.69, 9.17) is 8.99 Å². The Morgan fingerprint density at radius 2 is 1.92 bits per heavy atom. The first kappa shape index (κ1) is 13.8. The summed E-state index contributed by atoms with van der Waals surface area (Å²) in [6.07, 6.45) is 2.20. The fourth-order valence-corrected chi connectivity index (χ4v) is 10.8. The zero-order valence-electron chi connectivity index (χ0n) is 5.72. The van der Waals surface area contributed by atoms with Gasteiger partial charge in [0.2, 0.25) is 0 Å². The Balaban J connectivity index is 0.000000354. The lowest BCUT2D eigenvalue weighted by Crippen LogP contribution is -1.57. The largest absolute Gasteiger partial charge is 0.258 e. The van der Waals surface area contributed by atoms with E-state index in [9.17, 15) is 0 Å². The maximum absolute atomic E-state index is 8.62. The van der Waals surface area contributed by atoms with Crippen molar-refractivity contribution < 1.29 is 4.21 Å². The monoisotopic (exact) mass is 297 g/mol. The summed E-state index contributed by atoms with van der Waals surface area (Å²) in [6.45, 7) is 0. The molecule has 9 heteroatoms. The van der Waals surface area contributed by atoms with E-state index >= 15 is 0 Å². The Morgan fingerprint density at radius 3 is 2.67 bits per heavy atom. The highest BCUT2D eigenvalue weighted by atomic mass is 33.9. The third-order valence-corrected chi connectivity index (χ3v) is 10.8. The topological polar surface area (TPSA) is 40.9 Å². The molecule has 0 spiro atoms. The third-order valence-electron chi connectivity index (χ3n) is 0.487. The zero-order chi connectivity index (χ0) is 9.07. The van der Waals surface area contributed by atoms with Crippen LogP contribution in [0.3, 0.4) is 0 Å². The zero-order valence-corrected chi connectivity index (χ0v) is 11.6. The highest BCUT2D eigenvalue weighted by Gasteiger charge is 1.94. The molecule has 1 aliphatic rings. The summed E-state index contributed by atoms with van der Waals surface area (Å²) < 4.78 is 14.3. The molecule has 0 saturated carbocycles. The summed E-state index contributed by atoms with van der Waals surface area (Å²) in [5.74, 6) is 1.13. The number of rotatable bonds is 0. The summed E-state index contributed by atoms with van der Waals surface area (Å²) in [5, 5.41) is 2.15. The summed E-state index contributed by atoms with van der Waals surface area (Å²) >= 11 is -0.917. The standard InChI is InChI=1S/C3H4S6.H3NOS/c1-2-4-6-8-9-7-5-3-1;1-3-2/h1-2H,3H2;1H,3H2. The van der Waals surface area contributed by atoms with E-state index in [2.05, 4.69) is 11.5 Å². The van der Waals surface area contributed by atoms with E-state index in [0.29, 0.717) is 0 Å². The minimum absolute atomic E-state index is 0.917. The van der Waals surface area contributed by atoms with Crippen LogP contribution in [-0.2, 0) is 11.5 Å². The molecule has 0 unspecified atom stereocenters. The molecule has 0 bridgehead atoms. The highest BCUT2D eigenvalue weighted by molar-refractivity contribution is 9.42. The fourth-order valence-electron chi connectivity index (χ4n) is 0.227. The molecular formula is C3H7NOS7. The van der Waals surface area contributed by atoms with Gasteiger partial charge >= 0.3 is 0 Å². The van der Waals surface area contributed by atoms with Crippen molar-refractivity contribution in [3.05, 3.63) is 11.5 Å². The van der Waals surface area contributed by atoms with Gasteiger partial charge in [0, 0.05) is 17.2 Å². The van der Waals surface area contributed by atoms with Gasteiger partial charge in [-0.25, -0.2) is 0 Å². The van der Waals surface area contributed by atoms with Gasteiger partial charge in [-0.15, -0.1) is 0 Å². The van der Waals surface area contributed by atoms with Crippen LogP contribution in [0.1, 0.15) is 0 Å². The first-order valence-corrected chi connectivity index (χ1v) is 11.2. The van der Waals surface area contributed by atoms with Crippen LogP contribution in [0, 0.1) is 4.78 Å². The van der Waals surface area contributed by atoms with Crippen LogP contribution in [-0.4, -0.2) is 9.96 Å². The molecule has 0 atom stereocenters. The van der Waals surface area contributed by atoms with Crippen molar-refractivity contribution in [2.75, 3.05) is 5.75 Å². The normalized spacial score (nSPS) is 19.0. The summed E-state index contributed by atoms with van der Waals surface area (Å²) in [4.78, 5) is 0. The van der Waals surface area contributed by atoms with E-state index in [-0.39, 0.29) is 0 Å². The third kappa shape index (κ3) is 11.8. The molecule has 0 amide bonds. The van der Waals surface area contributed by atoms with Crippen LogP contribution in [0.4, 0.5) is 0 Å². The maximum Gasteiger partial charge on any atom is 0.0234 e. The second kappa shape index (κ2) is 12.8. The maximum atomic E-state index is 8.62. The molecule has 0 aromatic carbocycles. The first-order chi connectivity index (χ1) is 5.91. The smallest absolute Gasteiger partial charge is 0.0234 e. The lowest BCUT2D eigenvalue weighted by atomic mass is 10.8.